The minimum absolute atomic E-state index is 0.734. The van der Waals surface area contributed by atoms with Crippen LogP contribution in [-0.2, 0) is 26.2 Å². The molecule has 1 heterocycles. The van der Waals surface area contributed by atoms with E-state index < -0.39 is 0 Å². The molecule has 1 aliphatic rings. The Morgan fingerprint density at radius 3 is 1.45 bits per heavy atom. The molecule has 0 saturated heterocycles. The van der Waals surface area contributed by atoms with E-state index in [-0.39, 0.29) is 0 Å². The summed E-state index contributed by atoms with van der Waals surface area (Å²) in [7, 11) is 6.18. The molecule has 0 saturated carbocycles. The average Bonchev–Trinajstić information content (AvgIpc) is 2.43. The summed E-state index contributed by atoms with van der Waals surface area (Å²) in [6, 6.07) is 16.7. The van der Waals surface area contributed by atoms with E-state index in [0.29, 0.717) is 0 Å². The molecule has 0 fully saturated rings. The molecule has 3 nitrogen and oxygen atoms in total. The van der Waals surface area contributed by atoms with Crippen molar-refractivity contribution >= 4 is 7.98 Å². The van der Waals surface area contributed by atoms with E-state index in [0.717, 1.165) is 26.2 Å². The van der Waals surface area contributed by atoms with Crippen LogP contribution in [-0.4, -0.2) is 17.8 Å². The number of hydrazine groups is 1. The minimum Gasteiger partial charge on any atom is -0.346 e. The third-order valence-electron chi connectivity index (χ3n) is 3.73. The van der Waals surface area contributed by atoms with E-state index in [1.165, 1.54) is 22.3 Å². The molecular formula is C16H18BN3. The number of benzene rings is 2. The van der Waals surface area contributed by atoms with Crippen molar-refractivity contribution in [3.05, 3.63) is 70.8 Å². The highest BCUT2D eigenvalue weighted by Gasteiger charge is 2.13. The fourth-order valence-electron chi connectivity index (χ4n) is 2.72. The lowest BCUT2D eigenvalue weighted by Crippen LogP contribution is -2.32. The molecule has 100 valence electrons. The molecule has 0 aliphatic carbocycles. The maximum atomic E-state index is 6.18. The van der Waals surface area contributed by atoms with Crippen molar-refractivity contribution in [3.63, 3.8) is 0 Å². The van der Waals surface area contributed by atoms with Gasteiger partial charge in [-0.3, -0.25) is 5.84 Å². The third-order valence-corrected chi connectivity index (χ3v) is 3.73. The second-order valence-electron chi connectivity index (χ2n) is 5.35. The Morgan fingerprint density at radius 2 is 1.05 bits per heavy atom. The highest BCUT2D eigenvalue weighted by Crippen LogP contribution is 2.19. The summed E-state index contributed by atoms with van der Waals surface area (Å²) in [5, 5.41) is 1.86. The molecule has 0 aromatic heterocycles. The minimum atomic E-state index is 0.734. The van der Waals surface area contributed by atoms with Gasteiger partial charge in [-0.05, 0) is 22.3 Å². The number of hydrogen-bond donors (Lipinski definition) is 1. The van der Waals surface area contributed by atoms with Crippen molar-refractivity contribution in [1.29, 1.82) is 0 Å². The molecule has 0 spiro atoms. The van der Waals surface area contributed by atoms with E-state index in [2.05, 4.69) is 24.3 Å². The first-order valence-corrected chi connectivity index (χ1v) is 6.85. The van der Waals surface area contributed by atoms with Gasteiger partial charge in [0, 0.05) is 26.2 Å². The first-order chi connectivity index (χ1) is 9.72. The summed E-state index contributed by atoms with van der Waals surface area (Å²) in [5.41, 5.74) is 4.96. The topological polar surface area (TPSA) is 32.5 Å². The van der Waals surface area contributed by atoms with E-state index in [4.69, 9.17) is 13.8 Å². The summed E-state index contributed by atoms with van der Waals surface area (Å²) < 4.78 is 0. The van der Waals surface area contributed by atoms with E-state index >= 15 is 0 Å². The van der Waals surface area contributed by atoms with Crippen LogP contribution in [0.5, 0.6) is 0 Å². The second kappa shape index (κ2) is 5.79. The summed E-state index contributed by atoms with van der Waals surface area (Å²) in [5.74, 6) is 6.18. The standard InChI is InChI=1S/C16H18BN3/c17-19-9-13-5-1-3-7-15(13)11-20(18)12-16-8-4-2-6-14(16)10-19/h1-8H,9-12,18H2. The lowest BCUT2D eigenvalue weighted by Gasteiger charge is -2.26. The molecule has 4 heteroatoms. The van der Waals surface area contributed by atoms with Gasteiger partial charge >= 0.3 is 0 Å². The van der Waals surface area contributed by atoms with Gasteiger partial charge < -0.3 is 4.81 Å². The predicted octanol–water partition coefficient (Wildman–Crippen LogP) is 1.96. The van der Waals surface area contributed by atoms with Gasteiger partial charge in [0.05, 0.1) is 0 Å². The number of nitrogens with two attached hydrogens (primary N) is 1. The van der Waals surface area contributed by atoms with Crippen LogP contribution < -0.4 is 5.84 Å². The first-order valence-electron chi connectivity index (χ1n) is 6.85. The SMILES string of the molecule is [B]N1Cc2ccccc2CN(N)Cc2ccccc2C1. The Bertz CT molecular complexity index is 496. The number of fused-ring (bicyclic) bond motifs is 2. The van der Waals surface area contributed by atoms with Gasteiger partial charge in [0.2, 0.25) is 0 Å². The van der Waals surface area contributed by atoms with Gasteiger partial charge in [0.15, 0.2) is 7.98 Å². The number of rotatable bonds is 0. The third kappa shape index (κ3) is 2.93. The van der Waals surface area contributed by atoms with Crippen molar-refractivity contribution in [2.45, 2.75) is 26.2 Å². The average molecular weight is 263 g/mol. The number of nitrogens with zero attached hydrogens (tertiary/aromatic N) is 2. The van der Waals surface area contributed by atoms with Crippen molar-refractivity contribution in [3.8, 4) is 0 Å². The zero-order valence-corrected chi connectivity index (χ0v) is 11.5. The maximum absolute atomic E-state index is 6.18. The molecule has 0 atom stereocenters. The van der Waals surface area contributed by atoms with Crippen LogP contribution in [0.3, 0.4) is 0 Å². The Hall–Kier alpha value is -1.62. The second-order valence-corrected chi connectivity index (χ2v) is 5.35. The highest BCUT2D eigenvalue weighted by atomic mass is 15.4. The van der Waals surface area contributed by atoms with E-state index in [1.54, 1.807) is 0 Å². The van der Waals surface area contributed by atoms with Gasteiger partial charge in [0.1, 0.15) is 0 Å². The van der Waals surface area contributed by atoms with Crippen LogP contribution >= 0.6 is 0 Å². The molecule has 1 aliphatic heterocycles. The summed E-state index contributed by atoms with van der Waals surface area (Å²) >= 11 is 0. The smallest absolute Gasteiger partial charge is 0.183 e. The van der Waals surface area contributed by atoms with E-state index in [9.17, 15) is 0 Å². The zero-order chi connectivity index (χ0) is 13.9. The predicted molar refractivity (Wildman–Crippen MR) is 81.3 cm³/mol. The fourth-order valence-corrected chi connectivity index (χ4v) is 2.72. The largest absolute Gasteiger partial charge is 0.346 e. The van der Waals surface area contributed by atoms with Crippen molar-refractivity contribution in [2.24, 2.45) is 5.84 Å². The fraction of sp³-hybridized carbons (Fsp3) is 0.250. The first kappa shape index (κ1) is 13.4. The van der Waals surface area contributed by atoms with Crippen molar-refractivity contribution in [1.82, 2.24) is 9.82 Å². The molecule has 2 aromatic carbocycles. The van der Waals surface area contributed by atoms with Gasteiger partial charge in [-0.25, -0.2) is 5.01 Å². The Balaban J connectivity index is 1.96. The normalized spacial score (nSPS) is 17.2. The molecule has 0 amide bonds. The van der Waals surface area contributed by atoms with Crippen LogP contribution in [0.4, 0.5) is 0 Å². The zero-order valence-electron chi connectivity index (χ0n) is 11.5. The summed E-state index contributed by atoms with van der Waals surface area (Å²) in [6.45, 7) is 2.94. The molecule has 0 unspecified atom stereocenters. The van der Waals surface area contributed by atoms with Crippen molar-refractivity contribution < 1.29 is 0 Å². The Morgan fingerprint density at radius 1 is 0.700 bits per heavy atom. The molecule has 2 aromatic rings. The molecule has 3 rings (SSSR count). The van der Waals surface area contributed by atoms with Crippen LogP contribution in [0.1, 0.15) is 22.3 Å². The van der Waals surface area contributed by atoms with E-state index in [1.807, 2.05) is 34.1 Å². The lowest BCUT2D eigenvalue weighted by molar-refractivity contribution is 0.260. The molecule has 2 radical (unpaired) electrons. The summed E-state index contributed by atoms with van der Waals surface area (Å²) in [4.78, 5) is 1.86. The van der Waals surface area contributed by atoms with Crippen LogP contribution in [0.2, 0.25) is 0 Å². The molecule has 2 N–H and O–H groups in total. The quantitative estimate of drug-likeness (QED) is 0.582. The van der Waals surface area contributed by atoms with Crippen LogP contribution in [0, 0.1) is 0 Å². The number of hydrogen-bond acceptors (Lipinski definition) is 3. The highest BCUT2D eigenvalue weighted by molar-refractivity contribution is 6.04. The molecule has 20 heavy (non-hydrogen) atoms. The summed E-state index contributed by atoms with van der Waals surface area (Å²) in [6.07, 6.45) is 0. The van der Waals surface area contributed by atoms with Gasteiger partial charge in [-0.15, -0.1) is 0 Å². The Kier molecular flexibility index (Phi) is 3.87. The van der Waals surface area contributed by atoms with Gasteiger partial charge in [0.25, 0.3) is 0 Å². The lowest BCUT2D eigenvalue weighted by atomic mass is 10.0. The maximum Gasteiger partial charge on any atom is 0.183 e. The molecule has 0 bridgehead atoms. The molecular weight excluding hydrogens is 245 g/mol. The van der Waals surface area contributed by atoms with Crippen LogP contribution in [0.15, 0.2) is 48.5 Å². The Labute approximate surface area is 121 Å². The van der Waals surface area contributed by atoms with Crippen molar-refractivity contribution in [2.75, 3.05) is 0 Å². The monoisotopic (exact) mass is 263 g/mol. The van der Waals surface area contributed by atoms with Crippen LogP contribution in [0.25, 0.3) is 0 Å². The van der Waals surface area contributed by atoms with Gasteiger partial charge in [-0.1, -0.05) is 48.5 Å². The van der Waals surface area contributed by atoms with Gasteiger partial charge in [-0.2, -0.15) is 0 Å².